The minimum atomic E-state index is -1.07. The predicted molar refractivity (Wildman–Crippen MR) is 117 cm³/mol. The van der Waals surface area contributed by atoms with Gasteiger partial charge in [-0.2, -0.15) is 0 Å². The maximum atomic E-state index is 10.5. The van der Waals surface area contributed by atoms with Crippen molar-refractivity contribution in [2.24, 2.45) is 0 Å². The van der Waals surface area contributed by atoms with E-state index >= 15 is 0 Å². The van der Waals surface area contributed by atoms with Crippen LogP contribution in [0.1, 0.15) is 16.7 Å². The third-order valence-corrected chi connectivity index (χ3v) is 5.25. The van der Waals surface area contributed by atoms with Crippen LogP contribution in [0.4, 0.5) is 0 Å². The van der Waals surface area contributed by atoms with Gasteiger partial charge >= 0.3 is 0 Å². The van der Waals surface area contributed by atoms with Crippen LogP contribution in [0.15, 0.2) is 91.0 Å². The van der Waals surface area contributed by atoms with Crippen molar-refractivity contribution in [2.45, 2.75) is 44.4 Å². The maximum absolute atomic E-state index is 10.5. The molecule has 0 aliphatic carbocycles. The Morgan fingerprint density at radius 2 is 1.06 bits per heavy atom. The van der Waals surface area contributed by atoms with Gasteiger partial charge in [-0.25, -0.2) is 0 Å². The minimum absolute atomic E-state index is 0.302. The fourth-order valence-corrected chi connectivity index (χ4v) is 3.62. The summed E-state index contributed by atoms with van der Waals surface area (Å²) in [5, 5.41) is 10.5. The summed E-state index contributed by atoms with van der Waals surface area (Å²) in [6.07, 6.45) is -2.55. The van der Waals surface area contributed by atoms with Crippen LogP contribution in [-0.4, -0.2) is 36.3 Å². The molecule has 0 aromatic heterocycles. The lowest BCUT2D eigenvalue weighted by molar-refractivity contribution is -0.153. The van der Waals surface area contributed by atoms with Gasteiger partial charge in [-0.1, -0.05) is 91.0 Å². The maximum Gasteiger partial charge on any atom is 0.184 e. The highest BCUT2D eigenvalue weighted by Crippen LogP contribution is 2.28. The molecular weight excluding hydrogens is 392 g/mol. The highest BCUT2D eigenvalue weighted by atomic mass is 16.7. The van der Waals surface area contributed by atoms with Crippen molar-refractivity contribution in [1.82, 2.24) is 0 Å². The molecule has 4 rings (SSSR count). The van der Waals surface area contributed by atoms with Crippen molar-refractivity contribution in [2.75, 3.05) is 6.61 Å². The van der Waals surface area contributed by atoms with E-state index in [9.17, 15) is 5.11 Å². The number of hydrogen-bond acceptors (Lipinski definition) is 5. The number of aliphatic hydroxyl groups excluding tert-OH is 1. The van der Waals surface area contributed by atoms with Crippen LogP contribution in [0.5, 0.6) is 0 Å². The van der Waals surface area contributed by atoms with Gasteiger partial charge in [-0.05, 0) is 16.7 Å². The first-order valence-corrected chi connectivity index (χ1v) is 10.6. The monoisotopic (exact) mass is 420 g/mol. The Kier molecular flexibility index (Phi) is 7.82. The Morgan fingerprint density at radius 1 is 0.613 bits per heavy atom. The van der Waals surface area contributed by atoms with Crippen molar-refractivity contribution in [3.05, 3.63) is 108 Å². The lowest BCUT2D eigenvalue weighted by Gasteiger charge is -2.24. The van der Waals surface area contributed by atoms with Crippen LogP contribution in [0.25, 0.3) is 0 Å². The predicted octanol–water partition coefficient (Wildman–Crippen LogP) is 4.09. The van der Waals surface area contributed by atoms with E-state index in [2.05, 4.69) is 0 Å². The minimum Gasteiger partial charge on any atom is -0.374 e. The van der Waals surface area contributed by atoms with E-state index in [4.69, 9.17) is 18.9 Å². The van der Waals surface area contributed by atoms with Crippen LogP contribution < -0.4 is 0 Å². The average molecular weight is 421 g/mol. The van der Waals surface area contributed by atoms with Gasteiger partial charge in [0.2, 0.25) is 0 Å². The fourth-order valence-electron chi connectivity index (χ4n) is 3.62. The molecule has 0 bridgehead atoms. The molecule has 0 radical (unpaired) electrons. The normalized spacial score (nSPS) is 23.1. The Bertz CT molecular complexity index is 887. The van der Waals surface area contributed by atoms with Gasteiger partial charge < -0.3 is 24.1 Å². The summed E-state index contributed by atoms with van der Waals surface area (Å²) in [5.41, 5.74) is 3.16. The summed E-state index contributed by atoms with van der Waals surface area (Å²) in [6.45, 7) is 1.55. The van der Waals surface area contributed by atoms with Gasteiger partial charge in [0.15, 0.2) is 6.29 Å². The third kappa shape index (κ3) is 6.23. The zero-order valence-electron chi connectivity index (χ0n) is 17.4. The van der Waals surface area contributed by atoms with E-state index in [1.54, 1.807) is 0 Å². The molecule has 0 saturated carbocycles. The fraction of sp³-hybridized carbons (Fsp3) is 0.308. The highest BCUT2D eigenvalue weighted by Gasteiger charge is 2.45. The van der Waals surface area contributed by atoms with E-state index in [-0.39, 0.29) is 0 Å². The standard InChI is InChI=1S/C26H28O5/c27-26-25(30-18-22-14-8-3-9-15-22)24(29-17-21-12-6-2-7-13-21)23(31-26)19-28-16-20-10-4-1-5-11-20/h1-15,23-27H,16-19H2/t23-,24-,25-,26?/m0/s1. The van der Waals surface area contributed by atoms with Crippen LogP contribution in [0.3, 0.4) is 0 Å². The van der Waals surface area contributed by atoms with E-state index in [0.717, 1.165) is 16.7 Å². The molecule has 0 spiro atoms. The third-order valence-electron chi connectivity index (χ3n) is 5.25. The van der Waals surface area contributed by atoms with E-state index < -0.39 is 24.6 Å². The Balaban J connectivity index is 1.39. The first kappa shape index (κ1) is 21.7. The van der Waals surface area contributed by atoms with Crippen molar-refractivity contribution in [3.63, 3.8) is 0 Å². The summed E-state index contributed by atoms with van der Waals surface area (Å²) in [4.78, 5) is 0. The zero-order chi connectivity index (χ0) is 21.3. The molecule has 5 heteroatoms. The van der Waals surface area contributed by atoms with Crippen LogP contribution in [-0.2, 0) is 38.8 Å². The molecule has 1 fully saturated rings. The van der Waals surface area contributed by atoms with Crippen LogP contribution in [0, 0.1) is 0 Å². The molecule has 1 heterocycles. The van der Waals surface area contributed by atoms with Crippen LogP contribution in [0.2, 0.25) is 0 Å². The number of ether oxygens (including phenoxy) is 4. The van der Waals surface area contributed by atoms with E-state index in [1.165, 1.54) is 0 Å². The largest absolute Gasteiger partial charge is 0.374 e. The van der Waals surface area contributed by atoms with Gasteiger partial charge in [0.1, 0.15) is 18.3 Å². The lowest BCUT2D eigenvalue weighted by Crippen LogP contribution is -2.39. The molecule has 4 atom stereocenters. The molecule has 1 aliphatic heterocycles. The van der Waals surface area contributed by atoms with E-state index in [1.807, 2.05) is 91.0 Å². The van der Waals surface area contributed by atoms with Crippen molar-refractivity contribution < 1.29 is 24.1 Å². The lowest BCUT2D eigenvalue weighted by atomic mass is 10.1. The molecule has 1 aliphatic rings. The summed E-state index contributed by atoms with van der Waals surface area (Å²) < 4.78 is 23.9. The summed E-state index contributed by atoms with van der Waals surface area (Å²) in [7, 11) is 0. The van der Waals surface area contributed by atoms with Gasteiger partial charge in [0.05, 0.1) is 26.4 Å². The summed E-state index contributed by atoms with van der Waals surface area (Å²) in [6, 6.07) is 29.8. The molecule has 162 valence electrons. The topological polar surface area (TPSA) is 57.2 Å². The van der Waals surface area contributed by atoms with Gasteiger partial charge in [-0.15, -0.1) is 0 Å². The first-order valence-electron chi connectivity index (χ1n) is 10.6. The highest BCUT2D eigenvalue weighted by molar-refractivity contribution is 5.15. The molecular formula is C26H28O5. The van der Waals surface area contributed by atoms with Gasteiger partial charge in [0, 0.05) is 0 Å². The van der Waals surface area contributed by atoms with Gasteiger partial charge in [0.25, 0.3) is 0 Å². The number of benzene rings is 3. The Labute approximate surface area is 183 Å². The van der Waals surface area contributed by atoms with E-state index in [0.29, 0.717) is 26.4 Å². The molecule has 1 saturated heterocycles. The molecule has 31 heavy (non-hydrogen) atoms. The summed E-state index contributed by atoms with van der Waals surface area (Å²) in [5.74, 6) is 0. The molecule has 3 aromatic carbocycles. The van der Waals surface area contributed by atoms with Gasteiger partial charge in [-0.3, -0.25) is 0 Å². The Morgan fingerprint density at radius 3 is 1.58 bits per heavy atom. The zero-order valence-corrected chi connectivity index (χ0v) is 17.4. The quantitative estimate of drug-likeness (QED) is 0.535. The second-order valence-corrected chi connectivity index (χ2v) is 7.59. The first-order chi connectivity index (χ1) is 15.3. The van der Waals surface area contributed by atoms with Crippen molar-refractivity contribution >= 4 is 0 Å². The number of hydrogen-bond donors (Lipinski definition) is 1. The molecule has 1 unspecified atom stereocenters. The average Bonchev–Trinajstić information content (AvgIpc) is 3.12. The van der Waals surface area contributed by atoms with Crippen LogP contribution >= 0.6 is 0 Å². The molecule has 1 N–H and O–H groups in total. The SMILES string of the molecule is OC1O[C@@H](COCc2ccccc2)[C@H](OCc2ccccc2)[C@@H]1OCc1ccccc1. The molecule has 3 aromatic rings. The Hall–Kier alpha value is -2.54. The number of aliphatic hydroxyl groups is 1. The molecule has 5 nitrogen and oxygen atoms in total. The van der Waals surface area contributed by atoms with Crippen molar-refractivity contribution in [3.8, 4) is 0 Å². The van der Waals surface area contributed by atoms with Crippen molar-refractivity contribution in [1.29, 1.82) is 0 Å². The second-order valence-electron chi connectivity index (χ2n) is 7.59. The number of rotatable bonds is 10. The smallest absolute Gasteiger partial charge is 0.184 e. The second kappa shape index (κ2) is 11.2. The molecule has 0 amide bonds. The summed E-state index contributed by atoms with van der Waals surface area (Å²) >= 11 is 0.